The fraction of sp³-hybridized carbons (Fsp3) is 0.100. The van der Waals surface area contributed by atoms with Gasteiger partial charge in [0.1, 0.15) is 11.2 Å². The van der Waals surface area contributed by atoms with Gasteiger partial charge in [0.2, 0.25) is 0 Å². The molecule has 0 amide bonds. The van der Waals surface area contributed by atoms with Crippen molar-refractivity contribution in [1.82, 2.24) is 4.98 Å². The van der Waals surface area contributed by atoms with Gasteiger partial charge in [-0.2, -0.15) is 13.2 Å². The summed E-state index contributed by atoms with van der Waals surface area (Å²) in [5.41, 5.74) is -2.45. The Morgan fingerprint density at radius 1 is 1.00 bits per heavy atom. The van der Waals surface area contributed by atoms with E-state index in [9.17, 15) is 26.3 Å². The lowest BCUT2D eigenvalue weighted by Crippen LogP contribution is -2.09. The van der Waals surface area contributed by atoms with Crippen molar-refractivity contribution in [3.63, 3.8) is 0 Å². The van der Waals surface area contributed by atoms with E-state index in [1.54, 1.807) is 0 Å². The molecule has 1 nitrogen and oxygen atoms in total. The van der Waals surface area contributed by atoms with E-state index in [4.69, 9.17) is 11.6 Å². The molecule has 0 spiro atoms. The minimum atomic E-state index is -4.87. The van der Waals surface area contributed by atoms with Crippen LogP contribution in [0.3, 0.4) is 0 Å². The van der Waals surface area contributed by atoms with Crippen LogP contribution in [0.1, 0.15) is 5.69 Å². The summed E-state index contributed by atoms with van der Waals surface area (Å²) >= 11 is 5.47. The first-order chi connectivity index (χ1) is 8.21. The summed E-state index contributed by atoms with van der Waals surface area (Å²) in [4.78, 5) is 2.92. The van der Waals surface area contributed by atoms with Gasteiger partial charge in [-0.15, -0.1) is 0 Å². The van der Waals surface area contributed by atoms with Gasteiger partial charge in [0, 0.05) is 5.39 Å². The molecular weight excluding hydrogens is 284 g/mol. The summed E-state index contributed by atoms with van der Waals surface area (Å²) in [5.74, 6) is -5.26. The van der Waals surface area contributed by atoms with E-state index in [1.807, 2.05) is 0 Å². The molecule has 1 aromatic heterocycles. The molecular formula is C10H2ClF6N. The third-order valence-corrected chi connectivity index (χ3v) is 2.49. The maximum atomic E-state index is 13.3. The Balaban J connectivity index is 2.88. The Bertz CT molecular complexity index is 637. The lowest BCUT2D eigenvalue weighted by atomic mass is 10.1. The molecule has 0 saturated heterocycles. The highest BCUT2D eigenvalue weighted by Crippen LogP contribution is 2.34. The first kappa shape index (κ1) is 12.9. The fourth-order valence-corrected chi connectivity index (χ4v) is 1.62. The van der Waals surface area contributed by atoms with Crippen LogP contribution in [0.5, 0.6) is 0 Å². The number of fused-ring (bicyclic) bond motifs is 1. The summed E-state index contributed by atoms with van der Waals surface area (Å²) < 4.78 is 76.3. The van der Waals surface area contributed by atoms with Gasteiger partial charge in [-0.05, 0) is 12.1 Å². The SMILES string of the molecule is Fc1cc2c(Cl)cc(C(F)(F)F)nc2c(F)c1F. The Hall–Kier alpha value is -1.50. The number of alkyl halides is 3. The number of nitrogens with zero attached hydrogens (tertiary/aromatic N) is 1. The third kappa shape index (κ3) is 1.98. The average molecular weight is 286 g/mol. The lowest BCUT2D eigenvalue weighted by molar-refractivity contribution is -0.140. The van der Waals surface area contributed by atoms with Crippen LogP contribution < -0.4 is 0 Å². The van der Waals surface area contributed by atoms with Crippen molar-refractivity contribution in [3.8, 4) is 0 Å². The Morgan fingerprint density at radius 2 is 1.61 bits per heavy atom. The van der Waals surface area contributed by atoms with E-state index in [0.717, 1.165) is 0 Å². The standard InChI is InChI=1S/C10H2ClF6N/c11-4-2-6(10(15,16)17)18-9-3(4)1-5(12)7(13)8(9)14/h1-2H. The Labute approximate surface area is 101 Å². The lowest BCUT2D eigenvalue weighted by Gasteiger charge is -2.09. The topological polar surface area (TPSA) is 12.9 Å². The zero-order chi connectivity index (χ0) is 13.7. The second-order valence-electron chi connectivity index (χ2n) is 3.37. The van der Waals surface area contributed by atoms with Crippen molar-refractivity contribution in [2.24, 2.45) is 0 Å². The van der Waals surface area contributed by atoms with Crippen molar-refractivity contribution >= 4 is 22.5 Å². The van der Waals surface area contributed by atoms with Gasteiger partial charge in [0.25, 0.3) is 0 Å². The van der Waals surface area contributed by atoms with Gasteiger partial charge in [0.05, 0.1) is 5.02 Å². The first-order valence-corrected chi connectivity index (χ1v) is 4.80. The molecule has 0 saturated carbocycles. The Morgan fingerprint density at radius 3 is 2.17 bits per heavy atom. The summed E-state index contributed by atoms with van der Waals surface area (Å²) in [6, 6.07) is 0.907. The van der Waals surface area contributed by atoms with Crippen molar-refractivity contribution < 1.29 is 26.3 Å². The first-order valence-electron chi connectivity index (χ1n) is 4.42. The molecule has 0 aliphatic heterocycles. The summed E-state index contributed by atoms with van der Waals surface area (Å²) in [5, 5.41) is -0.994. The third-order valence-electron chi connectivity index (χ3n) is 2.18. The molecule has 1 heterocycles. The highest BCUT2D eigenvalue weighted by atomic mass is 35.5. The zero-order valence-corrected chi connectivity index (χ0v) is 9.00. The van der Waals surface area contributed by atoms with Crippen LogP contribution in [0, 0.1) is 17.5 Å². The van der Waals surface area contributed by atoms with E-state index >= 15 is 0 Å². The van der Waals surface area contributed by atoms with Gasteiger partial charge in [-0.1, -0.05) is 11.6 Å². The fourth-order valence-electron chi connectivity index (χ4n) is 1.37. The average Bonchev–Trinajstić information content (AvgIpc) is 2.26. The summed E-state index contributed by atoms with van der Waals surface area (Å²) in [6.45, 7) is 0. The molecule has 0 bridgehead atoms. The van der Waals surface area contributed by atoms with E-state index < -0.39 is 45.2 Å². The van der Waals surface area contributed by atoms with E-state index in [-0.39, 0.29) is 0 Å². The molecule has 2 rings (SSSR count). The number of hydrogen-bond donors (Lipinski definition) is 0. The number of benzene rings is 1. The monoisotopic (exact) mass is 285 g/mol. The van der Waals surface area contributed by atoms with Crippen LogP contribution in [0.15, 0.2) is 12.1 Å². The quantitative estimate of drug-likeness (QED) is 0.519. The molecule has 2 aromatic rings. The summed E-state index contributed by atoms with van der Waals surface area (Å²) in [6.07, 6.45) is -4.87. The van der Waals surface area contributed by atoms with Crippen LogP contribution in [0.4, 0.5) is 26.3 Å². The second-order valence-corrected chi connectivity index (χ2v) is 3.78. The summed E-state index contributed by atoms with van der Waals surface area (Å²) in [7, 11) is 0. The number of halogens is 7. The molecule has 0 unspecified atom stereocenters. The number of aromatic nitrogens is 1. The van der Waals surface area contributed by atoms with Crippen LogP contribution >= 0.6 is 11.6 Å². The normalized spacial score (nSPS) is 12.2. The zero-order valence-electron chi connectivity index (χ0n) is 8.25. The molecule has 1 aromatic carbocycles. The molecule has 96 valence electrons. The van der Waals surface area contributed by atoms with Crippen molar-refractivity contribution in [2.75, 3.05) is 0 Å². The van der Waals surface area contributed by atoms with Gasteiger partial charge < -0.3 is 0 Å². The van der Waals surface area contributed by atoms with Crippen LogP contribution in [0.2, 0.25) is 5.02 Å². The molecule has 0 aliphatic rings. The van der Waals surface area contributed by atoms with Crippen molar-refractivity contribution in [1.29, 1.82) is 0 Å². The highest BCUT2D eigenvalue weighted by molar-refractivity contribution is 6.35. The van der Waals surface area contributed by atoms with Gasteiger partial charge in [-0.3, -0.25) is 0 Å². The van der Waals surface area contributed by atoms with Crippen molar-refractivity contribution in [2.45, 2.75) is 6.18 Å². The smallest absolute Gasteiger partial charge is 0.240 e. The minimum Gasteiger partial charge on any atom is -0.240 e. The Kier molecular flexibility index (Phi) is 2.89. The maximum Gasteiger partial charge on any atom is 0.433 e. The largest absolute Gasteiger partial charge is 0.433 e. The number of pyridine rings is 1. The van der Waals surface area contributed by atoms with Crippen LogP contribution in [-0.4, -0.2) is 4.98 Å². The number of hydrogen-bond acceptors (Lipinski definition) is 1. The molecule has 0 radical (unpaired) electrons. The van der Waals surface area contributed by atoms with E-state index in [1.165, 1.54) is 0 Å². The minimum absolute atomic E-state index is 0.417. The molecule has 0 aliphatic carbocycles. The van der Waals surface area contributed by atoms with E-state index in [2.05, 4.69) is 4.98 Å². The van der Waals surface area contributed by atoms with E-state index in [0.29, 0.717) is 12.1 Å². The molecule has 8 heteroatoms. The van der Waals surface area contributed by atoms with Crippen LogP contribution in [0.25, 0.3) is 10.9 Å². The number of rotatable bonds is 0. The van der Waals surface area contributed by atoms with Crippen molar-refractivity contribution in [3.05, 3.63) is 40.3 Å². The van der Waals surface area contributed by atoms with Gasteiger partial charge >= 0.3 is 6.18 Å². The predicted octanol–water partition coefficient (Wildman–Crippen LogP) is 4.32. The van der Waals surface area contributed by atoms with Crippen LogP contribution in [-0.2, 0) is 6.18 Å². The molecule has 0 fully saturated rings. The molecule has 0 N–H and O–H groups in total. The molecule has 0 atom stereocenters. The predicted molar refractivity (Wildman–Crippen MR) is 51.6 cm³/mol. The van der Waals surface area contributed by atoms with Gasteiger partial charge in [0.15, 0.2) is 17.5 Å². The maximum absolute atomic E-state index is 13.3. The molecule has 18 heavy (non-hydrogen) atoms. The highest BCUT2D eigenvalue weighted by Gasteiger charge is 2.34. The van der Waals surface area contributed by atoms with Gasteiger partial charge in [-0.25, -0.2) is 18.2 Å². The second kappa shape index (κ2) is 4.01.